The third-order valence-corrected chi connectivity index (χ3v) is 4.56. The smallest absolute Gasteiger partial charge is 0.308 e. The van der Waals surface area contributed by atoms with E-state index in [-0.39, 0.29) is 5.91 Å². The lowest BCUT2D eigenvalue weighted by atomic mass is 9.73. The summed E-state index contributed by atoms with van der Waals surface area (Å²) in [7, 11) is 3.01. The zero-order chi connectivity index (χ0) is 17.0. The minimum absolute atomic E-state index is 0.336. The molecule has 0 spiro atoms. The molecule has 2 rings (SSSR count). The SMILES string of the molecule is COc1ccc(OC)c(C(=O)NC2(C)CCCCC2C(=O)O)c1. The Labute approximate surface area is 135 Å². The lowest BCUT2D eigenvalue weighted by molar-refractivity contribution is -0.145. The summed E-state index contributed by atoms with van der Waals surface area (Å²) in [5, 5.41) is 12.4. The molecule has 1 amide bonds. The molecule has 1 aromatic carbocycles. The lowest BCUT2D eigenvalue weighted by Crippen LogP contribution is -2.55. The van der Waals surface area contributed by atoms with Crippen LogP contribution in [0.2, 0.25) is 0 Å². The van der Waals surface area contributed by atoms with E-state index >= 15 is 0 Å². The molecule has 1 aliphatic rings. The molecular formula is C17H23NO5. The van der Waals surface area contributed by atoms with E-state index in [1.54, 1.807) is 25.1 Å². The van der Waals surface area contributed by atoms with E-state index in [4.69, 9.17) is 9.47 Å². The monoisotopic (exact) mass is 321 g/mol. The predicted molar refractivity (Wildman–Crippen MR) is 85.0 cm³/mol. The maximum Gasteiger partial charge on any atom is 0.308 e. The number of nitrogens with one attached hydrogen (secondary N) is 1. The maximum atomic E-state index is 12.7. The normalized spacial score (nSPS) is 23.9. The van der Waals surface area contributed by atoms with E-state index < -0.39 is 17.4 Å². The Balaban J connectivity index is 2.28. The van der Waals surface area contributed by atoms with Gasteiger partial charge in [-0.3, -0.25) is 9.59 Å². The van der Waals surface area contributed by atoms with Gasteiger partial charge in [-0.1, -0.05) is 12.8 Å². The van der Waals surface area contributed by atoms with Gasteiger partial charge in [-0.25, -0.2) is 0 Å². The molecule has 2 unspecified atom stereocenters. The molecule has 1 aliphatic carbocycles. The number of carboxylic acids is 1. The van der Waals surface area contributed by atoms with E-state index in [0.29, 0.717) is 29.9 Å². The van der Waals surface area contributed by atoms with Crippen molar-refractivity contribution in [2.24, 2.45) is 5.92 Å². The zero-order valence-electron chi connectivity index (χ0n) is 13.7. The number of amides is 1. The van der Waals surface area contributed by atoms with Crippen molar-refractivity contribution < 1.29 is 24.2 Å². The molecule has 0 aliphatic heterocycles. The van der Waals surface area contributed by atoms with Gasteiger partial charge in [0.2, 0.25) is 0 Å². The van der Waals surface area contributed by atoms with Crippen molar-refractivity contribution >= 4 is 11.9 Å². The van der Waals surface area contributed by atoms with Crippen molar-refractivity contribution in [2.75, 3.05) is 14.2 Å². The molecule has 0 aromatic heterocycles. The summed E-state index contributed by atoms with van der Waals surface area (Å²) in [6.07, 6.45) is 2.98. The number of aliphatic carboxylic acids is 1. The Morgan fingerprint density at radius 2 is 2.00 bits per heavy atom. The number of carbonyl (C=O) groups excluding carboxylic acids is 1. The van der Waals surface area contributed by atoms with Gasteiger partial charge < -0.3 is 19.9 Å². The van der Waals surface area contributed by atoms with Crippen molar-refractivity contribution in [1.29, 1.82) is 0 Å². The van der Waals surface area contributed by atoms with Crippen LogP contribution in [-0.4, -0.2) is 36.7 Å². The van der Waals surface area contributed by atoms with Crippen LogP contribution in [0.3, 0.4) is 0 Å². The minimum atomic E-state index is -0.870. The second-order valence-electron chi connectivity index (χ2n) is 6.07. The quantitative estimate of drug-likeness (QED) is 0.870. The van der Waals surface area contributed by atoms with E-state index in [1.807, 2.05) is 0 Å². The van der Waals surface area contributed by atoms with Crippen LogP contribution in [0, 0.1) is 5.92 Å². The fraction of sp³-hybridized carbons (Fsp3) is 0.529. The molecule has 6 heteroatoms. The van der Waals surface area contributed by atoms with Gasteiger partial charge in [0, 0.05) is 0 Å². The van der Waals surface area contributed by atoms with Crippen LogP contribution in [0.15, 0.2) is 18.2 Å². The predicted octanol–water partition coefficient (Wildman–Crippen LogP) is 2.47. The fourth-order valence-electron chi connectivity index (χ4n) is 3.20. The molecule has 0 radical (unpaired) electrons. The first kappa shape index (κ1) is 17.1. The van der Waals surface area contributed by atoms with Gasteiger partial charge in [-0.15, -0.1) is 0 Å². The minimum Gasteiger partial charge on any atom is -0.497 e. The van der Waals surface area contributed by atoms with Gasteiger partial charge in [-0.05, 0) is 38.0 Å². The van der Waals surface area contributed by atoms with Gasteiger partial charge in [0.15, 0.2) is 0 Å². The standard InChI is InChI=1S/C17H23NO5/c1-17(9-5-4-6-13(17)16(20)21)18-15(19)12-10-11(22-2)7-8-14(12)23-3/h7-8,10,13H,4-6,9H2,1-3H3,(H,18,19)(H,20,21). The lowest BCUT2D eigenvalue weighted by Gasteiger charge is -2.39. The number of rotatable bonds is 5. The summed E-state index contributed by atoms with van der Waals surface area (Å²) in [6.45, 7) is 1.80. The first-order valence-corrected chi connectivity index (χ1v) is 7.68. The van der Waals surface area contributed by atoms with E-state index in [1.165, 1.54) is 14.2 Å². The van der Waals surface area contributed by atoms with E-state index in [2.05, 4.69) is 5.32 Å². The summed E-state index contributed by atoms with van der Waals surface area (Å²) in [5.41, 5.74) is -0.433. The molecule has 2 atom stereocenters. The summed E-state index contributed by atoms with van der Waals surface area (Å²) in [5.74, 6) is -0.840. The molecule has 23 heavy (non-hydrogen) atoms. The van der Waals surface area contributed by atoms with Crippen molar-refractivity contribution in [3.05, 3.63) is 23.8 Å². The van der Waals surface area contributed by atoms with Gasteiger partial charge in [0.1, 0.15) is 11.5 Å². The Kier molecular flexibility index (Phi) is 5.13. The third-order valence-electron chi connectivity index (χ3n) is 4.56. The Bertz CT molecular complexity index is 601. The number of methoxy groups -OCH3 is 2. The van der Waals surface area contributed by atoms with Crippen molar-refractivity contribution in [1.82, 2.24) is 5.32 Å². The molecule has 1 saturated carbocycles. The molecule has 0 saturated heterocycles. The Morgan fingerprint density at radius 3 is 2.61 bits per heavy atom. The average molecular weight is 321 g/mol. The second kappa shape index (κ2) is 6.89. The highest BCUT2D eigenvalue weighted by atomic mass is 16.5. The first-order chi connectivity index (χ1) is 10.9. The Morgan fingerprint density at radius 1 is 1.26 bits per heavy atom. The maximum absolute atomic E-state index is 12.7. The van der Waals surface area contributed by atoms with Crippen LogP contribution in [0.1, 0.15) is 43.0 Å². The Hall–Kier alpha value is -2.24. The number of ether oxygens (including phenoxy) is 2. The molecule has 6 nitrogen and oxygen atoms in total. The topological polar surface area (TPSA) is 84.9 Å². The number of hydrogen-bond donors (Lipinski definition) is 2. The first-order valence-electron chi connectivity index (χ1n) is 7.68. The molecule has 1 aromatic rings. The van der Waals surface area contributed by atoms with Crippen molar-refractivity contribution in [3.63, 3.8) is 0 Å². The molecule has 1 fully saturated rings. The van der Waals surface area contributed by atoms with Gasteiger partial charge in [0.25, 0.3) is 5.91 Å². The van der Waals surface area contributed by atoms with Gasteiger partial charge in [-0.2, -0.15) is 0 Å². The van der Waals surface area contributed by atoms with Crippen LogP contribution in [-0.2, 0) is 4.79 Å². The van der Waals surface area contributed by atoms with Gasteiger partial charge >= 0.3 is 5.97 Å². The number of carboxylic acid groups (broad SMARTS) is 1. The molecule has 2 N–H and O–H groups in total. The summed E-state index contributed by atoms with van der Waals surface area (Å²) in [6, 6.07) is 4.96. The van der Waals surface area contributed by atoms with E-state index in [9.17, 15) is 14.7 Å². The number of benzene rings is 1. The summed E-state index contributed by atoms with van der Waals surface area (Å²) < 4.78 is 10.4. The second-order valence-corrected chi connectivity index (χ2v) is 6.07. The van der Waals surface area contributed by atoms with Crippen LogP contribution >= 0.6 is 0 Å². The summed E-state index contributed by atoms with van der Waals surface area (Å²) >= 11 is 0. The van der Waals surface area contributed by atoms with Crippen LogP contribution in [0.4, 0.5) is 0 Å². The largest absolute Gasteiger partial charge is 0.497 e. The van der Waals surface area contributed by atoms with Crippen LogP contribution in [0.5, 0.6) is 11.5 Å². The molecule has 0 bridgehead atoms. The fourth-order valence-corrected chi connectivity index (χ4v) is 3.20. The molecule has 0 heterocycles. The highest BCUT2D eigenvalue weighted by Gasteiger charge is 2.42. The average Bonchev–Trinajstić information content (AvgIpc) is 2.53. The van der Waals surface area contributed by atoms with Crippen molar-refractivity contribution in [2.45, 2.75) is 38.1 Å². The van der Waals surface area contributed by atoms with Crippen molar-refractivity contribution in [3.8, 4) is 11.5 Å². The number of hydrogen-bond acceptors (Lipinski definition) is 4. The molecule has 126 valence electrons. The highest BCUT2D eigenvalue weighted by Crippen LogP contribution is 2.35. The van der Waals surface area contributed by atoms with Gasteiger partial charge in [0.05, 0.1) is 31.2 Å². The summed E-state index contributed by atoms with van der Waals surface area (Å²) in [4.78, 5) is 24.2. The third kappa shape index (κ3) is 3.57. The van der Waals surface area contributed by atoms with Crippen LogP contribution in [0.25, 0.3) is 0 Å². The number of carbonyl (C=O) groups is 2. The molecular weight excluding hydrogens is 298 g/mol. The zero-order valence-corrected chi connectivity index (χ0v) is 13.7. The van der Waals surface area contributed by atoms with E-state index in [0.717, 1.165) is 12.8 Å². The van der Waals surface area contributed by atoms with Crippen LogP contribution < -0.4 is 14.8 Å². The highest BCUT2D eigenvalue weighted by molar-refractivity contribution is 5.98.